The van der Waals surface area contributed by atoms with Crippen molar-refractivity contribution in [2.45, 2.75) is 44.9 Å². The minimum atomic E-state index is 0.389. The largest absolute Gasteiger partial charge is 0.501 e. The van der Waals surface area contributed by atoms with E-state index >= 15 is 0 Å². The van der Waals surface area contributed by atoms with Gasteiger partial charge in [-0.25, -0.2) is 0 Å². The van der Waals surface area contributed by atoms with Crippen molar-refractivity contribution in [1.29, 1.82) is 0 Å². The number of rotatable bonds is 0. The summed E-state index contributed by atoms with van der Waals surface area (Å²) in [5.74, 6) is 5.91. The van der Waals surface area contributed by atoms with Crippen molar-refractivity contribution in [2.24, 2.45) is 4.99 Å². The van der Waals surface area contributed by atoms with E-state index in [0.29, 0.717) is 6.79 Å². The molecule has 0 spiro atoms. The lowest BCUT2D eigenvalue weighted by Crippen LogP contribution is -2.17. The molecule has 0 radical (unpaired) electrons. The first-order chi connectivity index (χ1) is 45.5. The molecule has 0 aromatic carbocycles. The van der Waals surface area contributed by atoms with Crippen LogP contribution >= 0.6 is 47.0 Å². The van der Waals surface area contributed by atoms with Crippen molar-refractivity contribution < 1.29 is 33.2 Å². The Balaban J connectivity index is 0.000000486. The summed E-state index contributed by atoms with van der Waals surface area (Å²) in [6.07, 6.45) is 82.2. The summed E-state index contributed by atoms with van der Waals surface area (Å²) in [6.45, 7) is 15.0. The number of thioether (sulfide) groups is 4. The molecule has 0 bridgehead atoms. The summed E-state index contributed by atoms with van der Waals surface area (Å²) in [5, 5.41) is 36.3. The number of nitrogens with one attached hydrogen (secondary N) is 10. The molecular weight excluding hydrogens is 1220 g/mol. The van der Waals surface area contributed by atoms with Gasteiger partial charge in [0.2, 0.25) is 6.79 Å². The maximum Gasteiger partial charge on any atom is 0.229 e. The predicted molar refractivity (Wildman–Crippen MR) is 395 cm³/mol. The molecule has 0 saturated carbocycles. The van der Waals surface area contributed by atoms with E-state index in [2.05, 4.69) is 140 Å². The minimum absolute atomic E-state index is 0.389. The molecule has 16 heterocycles. The van der Waals surface area contributed by atoms with Gasteiger partial charge >= 0.3 is 0 Å². The number of allylic oxidation sites excluding steroid dienone is 6. The van der Waals surface area contributed by atoms with E-state index in [4.69, 9.17) is 23.7 Å². The highest BCUT2D eigenvalue weighted by molar-refractivity contribution is 8.05. The Bertz CT molecular complexity index is 1850. The van der Waals surface area contributed by atoms with Crippen LogP contribution in [0.15, 0.2) is 249 Å². The Morgan fingerprint density at radius 2 is 1.03 bits per heavy atom. The molecule has 0 fully saturated rings. The minimum Gasteiger partial charge on any atom is -0.501 e. The van der Waals surface area contributed by atoms with Crippen LogP contribution in [0.5, 0.6) is 0 Å². The normalized spacial score (nSPS) is 19.2. The summed E-state index contributed by atoms with van der Waals surface area (Å²) in [4.78, 5) is 3.92. The zero-order chi connectivity index (χ0) is 64.3. The SMILES string of the molecule is C1=CCNC1.C1=CCNC=C1.C1=CCNCC1.C1=CCNCCC1.C1=CCOC1.C1=CCOC=C1.C1=CCSC1.C1=CNC=CN1.C1=CNCC1.C1=COC=CNC1.C1=COCC1.C1=COCCN1.C1=COCO1.C1=CSC=CN1.C1=CSCCC1.C1=NCSC1. The first-order valence-corrected chi connectivity index (χ1v) is 35.4. The van der Waals surface area contributed by atoms with Crippen LogP contribution in [0.2, 0.25) is 0 Å². The van der Waals surface area contributed by atoms with E-state index in [0.717, 1.165) is 110 Å². The van der Waals surface area contributed by atoms with E-state index in [9.17, 15) is 0 Å². The second-order valence-corrected chi connectivity index (χ2v) is 22.0. The predicted octanol–water partition coefficient (Wildman–Crippen LogP) is 11.9. The van der Waals surface area contributed by atoms with Gasteiger partial charge in [-0.15, -0.1) is 35.3 Å². The van der Waals surface area contributed by atoms with Crippen LogP contribution in [0.25, 0.3) is 0 Å². The maximum absolute atomic E-state index is 4.83. The number of dihydropyridines is 1. The molecule has 91 heavy (non-hydrogen) atoms. The Morgan fingerprint density at radius 3 is 1.33 bits per heavy atom. The second kappa shape index (κ2) is 79.2. The average molecular weight is 1330 g/mol. The van der Waals surface area contributed by atoms with Crippen LogP contribution in [0, 0.1) is 0 Å². The highest BCUT2D eigenvalue weighted by Gasteiger charge is 1.91. The number of hydrogen-bond acceptors (Lipinski definition) is 22. The Hall–Kier alpha value is -6.89. The van der Waals surface area contributed by atoms with Gasteiger partial charge in [0.05, 0.1) is 50.7 Å². The molecule has 16 aliphatic heterocycles. The van der Waals surface area contributed by atoms with Crippen LogP contribution in [0.4, 0.5) is 0 Å². The fourth-order valence-electron chi connectivity index (χ4n) is 6.16. The Morgan fingerprint density at radius 1 is 0.352 bits per heavy atom. The monoisotopic (exact) mass is 1330 g/mol. The quantitative estimate of drug-likeness (QED) is 0.103. The number of aliphatic imine (C=N–C) groups is 1. The molecule has 16 aliphatic rings. The molecule has 18 nitrogen and oxygen atoms in total. The van der Waals surface area contributed by atoms with Crippen molar-refractivity contribution >= 4 is 53.3 Å². The molecule has 504 valence electrons. The zero-order valence-electron chi connectivity index (χ0n) is 53.4. The van der Waals surface area contributed by atoms with Crippen LogP contribution in [0.1, 0.15) is 44.9 Å². The first-order valence-electron chi connectivity index (χ1n) is 31.1. The molecule has 0 aromatic rings. The summed E-state index contributed by atoms with van der Waals surface area (Å²) in [7, 11) is 0. The maximum atomic E-state index is 4.83. The molecular formula is C69H107N11O7S4. The van der Waals surface area contributed by atoms with Gasteiger partial charge in [0.25, 0.3) is 0 Å². The standard InChI is InChI=1S/C6H11N.C5H7NO.C5H9N.C5H7N.C5H6O.C5H8S.C4H6N2.C4H7NO.C4H5NS.2C4H7N.2C4H6O.C4H6S.C3H5NS.C3H4O2/c1-2-4-6-7-5-3-1;1-2-6-3-5-7-4-1;4*1-2-4-6-5-3-1;1-2-6-4-3-5-1;2*1-3-6-4-2-5-1;5*1-2-4-5-3-1;2*1-2-5-3-4-1/h1,3,7H,2,4-6H2;1,3-6H,2H2;1-2,6H,3-5H2;1-4,6H,5H2;1-4H,5H2;2,4H,1,3,5H2;1-6H;1,3,5H,2,4H2;1-5H;1,3,5H,2,4H2;1-2,5H,3-4H2;1,3H,2,4H2;2*1-2H,3-4H2;1H,2-3H2;1-2H,3H2. The lowest BCUT2D eigenvalue weighted by molar-refractivity contribution is 0.0920. The number of nitrogens with zero attached hydrogens (tertiary/aromatic N) is 1. The topological polar surface area (TPSA) is 197 Å². The summed E-state index contributed by atoms with van der Waals surface area (Å²) >= 11 is 7.40. The number of ether oxygens (including phenoxy) is 7. The summed E-state index contributed by atoms with van der Waals surface area (Å²) in [5.41, 5.74) is 0. The van der Waals surface area contributed by atoms with Crippen molar-refractivity contribution in [2.75, 3.05) is 134 Å². The lowest BCUT2D eigenvalue weighted by Gasteiger charge is -2.05. The van der Waals surface area contributed by atoms with Gasteiger partial charge in [0.1, 0.15) is 32.0 Å². The van der Waals surface area contributed by atoms with Crippen LogP contribution in [-0.2, 0) is 33.2 Å². The summed E-state index contributed by atoms with van der Waals surface area (Å²) < 4.78 is 33.1. The van der Waals surface area contributed by atoms with Gasteiger partial charge in [0, 0.05) is 132 Å². The smallest absolute Gasteiger partial charge is 0.229 e. The molecule has 22 heteroatoms. The van der Waals surface area contributed by atoms with E-state index in [1.807, 2.05) is 157 Å². The molecule has 0 unspecified atom stereocenters. The third-order valence-corrected chi connectivity index (χ3v) is 13.7. The van der Waals surface area contributed by atoms with E-state index < -0.39 is 0 Å². The average Bonchev–Trinajstić information content (AvgIpc) is 4.50. The fraction of sp³-hybridized carbons (Fsp3) is 0.406. The first kappa shape index (κ1) is 82.1. The van der Waals surface area contributed by atoms with Crippen LogP contribution in [-0.4, -0.2) is 140 Å². The molecule has 10 N–H and O–H groups in total. The van der Waals surface area contributed by atoms with Crippen LogP contribution in [0.3, 0.4) is 0 Å². The number of hydrogen-bond donors (Lipinski definition) is 10. The molecule has 0 aliphatic carbocycles. The second-order valence-electron chi connectivity index (χ2n) is 18.1. The molecule has 0 amide bonds. The van der Waals surface area contributed by atoms with E-state index in [1.165, 1.54) is 74.9 Å². The lowest BCUT2D eigenvalue weighted by atomic mass is 10.3. The van der Waals surface area contributed by atoms with Crippen molar-refractivity contribution in [1.82, 2.24) is 53.2 Å². The van der Waals surface area contributed by atoms with Gasteiger partial charge in [-0.05, 0) is 116 Å². The molecule has 0 saturated heterocycles. The van der Waals surface area contributed by atoms with Gasteiger partial charge < -0.3 is 86.3 Å². The highest BCUT2D eigenvalue weighted by atomic mass is 32.2. The van der Waals surface area contributed by atoms with Crippen molar-refractivity contribution in [3.63, 3.8) is 0 Å². The summed E-state index contributed by atoms with van der Waals surface area (Å²) in [6, 6.07) is 0. The van der Waals surface area contributed by atoms with Gasteiger partial charge in [-0.3, -0.25) is 4.99 Å². The Kier molecular flexibility index (Phi) is 71.5. The Labute approximate surface area is 563 Å². The van der Waals surface area contributed by atoms with Crippen molar-refractivity contribution in [3.8, 4) is 0 Å². The highest BCUT2D eigenvalue weighted by Crippen LogP contribution is 2.12. The third kappa shape index (κ3) is 77.3. The molecule has 0 aromatic heterocycles. The fourth-order valence-corrected chi connectivity index (χ4v) is 8.51. The molecule has 16 rings (SSSR count). The van der Waals surface area contributed by atoms with Gasteiger partial charge in [-0.1, -0.05) is 91.1 Å². The van der Waals surface area contributed by atoms with E-state index in [-0.39, 0.29) is 0 Å². The van der Waals surface area contributed by atoms with Gasteiger partial charge in [0.15, 0.2) is 0 Å². The van der Waals surface area contributed by atoms with Crippen molar-refractivity contribution in [3.05, 3.63) is 244 Å². The van der Waals surface area contributed by atoms with Crippen LogP contribution < -0.4 is 53.2 Å². The van der Waals surface area contributed by atoms with Gasteiger partial charge in [-0.2, -0.15) is 11.8 Å². The van der Waals surface area contributed by atoms with E-state index in [1.54, 1.807) is 55.5 Å². The zero-order valence-corrected chi connectivity index (χ0v) is 56.7. The third-order valence-electron chi connectivity index (χ3n) is 10.6. The molecule has 0 atom stereocenters.